The van der Waals surface area contributed by atoms with E-state index in [9.17, 15) is 9.59 Å². The quantitative estimate of drug-likeness (QED) is 0.563. The Bertz CT molecular complexity index is 1090. The Morgan fingerprint density at radius 3 is 2.26 bits per heavy atom. The van der Waals surface area contributed by atoms with Crippen LogP contribution in [0.15, 0.2) is 72.8 Å². The Labute approximate surface area is 183 Å². The molecular weight excluding hydrogens is 386 g/mol. The number of benzene rings is 3. The summed E-state index contributed by atoms with van der Waals surface area (Å²) in [4.78, 5) is 27.3. The van der Waals surface area contributed by atoms with Crippen LogP contribution in [-0.2, 0) is 0 Å². The maximum absolute atomic E-state index is 12.9. The molecular formula is C26H27N3O2. The lowest BCUT2D eigenvalue weighted by atomic mass is 10.1. The minimum absolute atomic E-state index is 0.0518. The van der Waals surface area contributed by atoms with Crippen molar-refractivity contribution >= 4 is 23.2 Å². The zero-order valence-electron chi connectivity index (χ0n) is 18.1. The second kappa shape index (κ2) is 8.64. The topological polar surface area (TPSA) is 61.4 Å². The molecule has 158 valence electrons. The van der Waals surface area contributed by atoms with Gasteiger partial charge in [0.15, 0.2) is 0 Å². The lowest BCUT2D eigenvalue weighted by molar-refractivity contribution is 0.0720. The van der Waals surface area contributed by atoms with Gasteiger partial charge in [-0.15, -0.1) is 0 Å². The van der Waals surface area contributed by atoms with Crippen LogP contribution in [0.1, 0.15) is 51.9 Å². The summed E-state index contributed by atoms with van der Waals surface area (Å²) in [7, 11) is 0. The van der Waals surface area contributed by atoms with Crippen molar-refractivity contribution in [3.05, 3.63) is 95.1 Å². The van der Waals surface area contributed by atoms with Crippen LogP contribution < -0.4 is 10.6 Å². The summed E-state index contributed by atoms with van der Waals surface area (Å²) in [5.74, 6) is 0.254. The molecule has 0 aromatic heterocycles. The molecule has 2 amide bonds. The molecule has 31 heavy (non-hydrogen) atoms. The van der Waals surface area contributed by atoms with E-state index in [1.54, 1.807) is 12.1 Å². The van der Waals surface area contributed by atoms with E-state index in [0.29, 0.717) is 18.0 Å². The maximum atomic E-state index is 12.9. The number of fused-ring (bicyclic) bond motifs is 1. The molecule has 4 rings (SSSR count). The van der Waals surface area contributed by atoms with Gasteiger partial charge in [0.1, 0.15) is 6.17 Å². The minimum Gasteiger partial charge on any atom is -0.361 e. The summed E-state index contributed by atoms with van der Waals surface area (Å²) in [5.41, 5.74) is 5.07. The molecule has 1 unspecified atom stereocenters. The summed E-state index contributed by atoms with van der Waals surface area (Å²) in [6.45, 7) is 6.89. The van der Waals surface area contributed by atoms with E-state index < -0.39 is 0 Å². The van der Waals surface area contributed by atoms with Crippen LogP contribution in [0.3, 0.4) is 0 Å². The molecule has 3 aromatic rings. The van der Waals surface area contributed by atoms with Crippen LogP contribution in [0.25, 0.3) is 0 Å². The average molecular weight is 414 g/mol. The molecule has 0 aliphatic carbocycles. The Morgan fingerprint density at radius 1 is 0.935 bits per heavy atom. The molecule has 1 heterocycles. The SMILES string of the molecule is Cc1ccc(NC(=O)c2ccc(NC3c4ccccc4C(=O)N3CC(C)C)cc2)cc1. The van der Waals surface area contributed by atoms with E-state index in [-0.39, 0.29) is 18.0 Å². The molecule has 0 bridgehead atoms. The summed E-state index contributed by atoms with van der Waals surface area (Å²) in [6, 6.07) is 22.8. The van der Waals surface area contributed by atoms with E-state index in [0.717, 1.165) is 28.1 Å². The Morgan fingerprint density at radius 2 is 1.58 bits per heavy atom. The van der Waals surface area contributed by atoms with Crippen LogP contribution in [0.5, 0.6) is 0 Å². The Balaban J connectivity index is 1.50. The molecule has 5 nitrogen and oxygen atoms in total. The third-order valence-corrected chi connectivity index (χ3v) is 5.38. The minimum atomic E-state index is -0.224. The largest absolute Gasteiger partial charge is 0.361 e. The van der Waals surface area contributed by atoms with Gasteiger partial charge in [0, 0.05) is 34.6 Å². The highest BCUT2D eigenvalue weighted by Gasteiger charge is 2.36. The zero-order valence-corrected chi connectivity index (χ0v) is 18.1. The molecule has 0 fully saturated rings. The van der Waals surface area contributed by atoms with Gasteiger partial charge in [-0.05, 0) is 55.3 Å². The lowest BCUT2D eigenvalue weighted by Gasteiger charge is -2.28. The summed E-state index contributed by atoms with van der Waals surface area (Å²) in [5, 5.41) is 6.39. The number of carbonyl (C=O) groups excluding carboxylic acids is 2. The van der Waals surface area contributed by atoms with E-state index >= 15 is 0 Å². The van der Waals surface area contributed by atoms with Gasteiger partial charge < -0.3 is 15.5 Å². The van der Waals surface area contributed by atoms with E-state index in [1.165, 1.54) is 0 Å². The van der Waals surface area contributed by atoms with Crippen molar-refractivity contribution in [2.75, 3.05) is 17.2 Å². The molecule has 0 saturated carbocycles. The Kier molecular flexibility index (Phi) is 5.76. The van der Waals surface area contributed by atoms with Crippen LogP contribution in [-0.4, -0.2) is 23.3 Å². The number of aryl methyl sites for hydroxylation is 1. The molecule has 2 N–H and O–H groups in total. The summed E-state index contributed by atoms with van der Waals surface area (Å²) < 4.78 is 0. The van der Waals surface area contributed by atoms with Crippen molar-refractivity contribution < 1.29 is 9.59 Å². The highest BCUT2D eigenvalue weighted by atomic mass is 16.2. The first-order valence-electron chi connectivity index (χ1n) is 10.6. The maximum Gasteiger partial charge on any atom is 0.256 e. The second-order valence-corrected chi connectivity index (χ2v) is 8.38. The van der Waals surface area contributed by atoms with Crippen molar-refractivity contribution in [1.29, 1.82) is 0 Å². The van der Waals surface area contributed by atoms with E-state index in [2.05, 4.69) is 24.5 Å². The first-order chi connectivity index (χ1) is 14.9. The van der Waals surface area contributed by atoms with Gasteiger partial charge in [-0.3, -0.25) is 9.59 Å². The van der Waals surface area contributed by atoms with Gasteiger partial charge in [0.25, 0.3) is 11.8 Å². The predicted octanol–water partition coefficient (Wildman–Crippen LogP) is 5.47. The number of nitrogens with zero attached hydrogens (tertiary/aromatic N) is 1. The molecule has 0 spiro atoms. The number of carbonyl (C=O) groups is 2. The highest BCUT2D eigenvalue weighted by Crippen LogP contribution is 2.34. The summed E-state index contributed by atoms with van der Waals surface area (Å²) >= 11 is 0. The summed E-state index contributed by atoms with van der Waals surface area (Å²) in [6.07, 6.45) is -0.224. The molecule has 5 heteroatoms. The van der Waals surface area contributed by atoms with Crippen molar-refractivity contribution in [3.63, 3.8) is 0 Å². The van der Waals surface area contributed by atoms with E-state index in [1.807, 2.05) is 72.5 Å². The van der Waals surface area contributed by atoms with Gasteiger partial charge in [0.2, 0.25) is 0 Å². The fraction of sp³-hybridized carbons (Fsp3) is 0.231. The fourth-order valence-corrected chi connectivity index (χ4v) is 3.82. The average Bonchev–Trinajstić information content (AvgIpc) is 3.01. The number of anilines is 2. The lowest BCUT2D eigenvalue weighted by Crippen LogP contribution is -2.35. The van der Waals surface area contributed by atoms with Crippen molar-refractivity contribution in [1.82, 2.24) is 4.90 Å². The number of hydrogen-bond acceptors (Lipinski definition) is 3. The van der Waals surface area contributed by atoms with E-state index in [4.69, 9.17) is 0 Å². The number of nitrogens with one attached hydrogen (secondary N) is 2. The number of rotatable bonds is 6. The van der Waals surface area contributed by atoms with Crippen molar-refractivity contribution in [2.24, 2.45) is 5.92 Å². The number of amides is 2. The third kappa shape index (κ3) is 4.45. The number of hydrogen-bond donors (Lipinski definition) is 2. The first kappa shape index (κ1) is 20.7. The molecule has 0 radical (unpaired) electrons. The second-order valence-electron chi connectivity index (χ2n) is 8.38. The van der Waals surface area contributed by atoms with Gasteiger partial charge >= 0.3 is 0 Å². The predicted molar refractivity (Wildman–Crippen MR) is 124 cm³/mol. The normalized spacial score (nSPS) is 15.2. The van der Waals surface area contributed by atoms with Gasteiger partial charge in [0.05, 0.1) is 0 Å². The van der Waals surface area contributed by atoms with Crippen LogP contribution in [0, 0.1) is 12.8 Å². The van der Waals surface area contributed by atoms with Gasteiger partial charge in [-0.2, -0.15) is 0 Å². The standard InChI is InChI=1S/C26H27N3O2/c1-17(2)16-29-24(22-6-4-5-7-23(22)26(29)31)27-20-14-10-19(11-15-20)25(30)28-21-12-8-18(3)9-13-21/h4-15,17,24,27H,16H2,1-3H3,(H,28,30). The van der Waals surface area contributed by atoms with Gasteiger partial charge in [-0.1, -0.05) is 49.7 Å². The Hall–Kier alpha value is -3.60. The van der Waals surface area contributed by atoms with Crippen LogP contribution in [0.4, 0.5) is 11.4 Å². The smallest absolute Gasteiger partial charge is 0.256 e. The monoisotopic (exact) mass is 413 g/mol. The van der Waals surface area contributed by atoms with Crippen molar-refractivity contribution in [2.45, 2.75) is 26.9 Å². The molecule has 3 aromatic carbocycles. The molecule has 1 aliphatic rings. The zero-order chi connectivity index (χ0) is 22.0. The molecule has 1 aliphatic heterocycles. The molecule has 1 atom stereocenters. The first-order valence-corrected chi connectivity index (χ1v) is 10.6. The fourth-order valence-electron chi connectivity index (χ4n) is 3.82. The van der Waals surface area contributed by atoms with Gasteiger partial charge in [-0.25, -0.2) is 0 Å². The van der Waals surface area contributed by atoms with Crippen LogP contribution in [0.2, 0.25) is 0 Å². The molecule has 0 saturated heterocycles. The third-order valence-electron chi connectivity index (χ3n) is 5.38. The van der Waals surface area contributed by atoms with Crippen molar-refractivity contribution in [3.8, 4) is 0 Å². The van der Waals surface area contributed by atoms with Crippen LogP contribution >= 0.6 is 0 Å². The highest BCUT2D eigenvalue weighted by molar-refractivity contribution is 6.04.